The van der Waals surface area contributed by atoms with Gasteiger partial charge in [0.1, 0.15) is 5.03 Å². The summed E-state index contributed by atoms with van der Waals surface area (Å²) in [6.45, 7) is 3.23. The second-order valence-electron chi connectivity index (χ2n) is 5.44. The first-order valence-corrected chi connectivity index (χ1v) is 8.49. The molecule has 1 aromatic heterocycles. The second kappa shape index (κ2) is 7.02. The Hall–Kier alpha value is -0.0500. The van der Waals surface area contributed by atoms with Gasteiger partial charge in [0.15, 0.2) is 0 Å². The van der Waals surface area contributed by atoms with Crippen molar-refractivity contribution in [1.82, 2.24) is 13.6 Å². The van der Waals surface area contributed by atoms with E-state index in [1.165, 1.54) is 24.6 Å². The van der Waals surface area contributed by atoms with E-state index in [1.807, 2.05) is 0 Å². The average molecular weight is 360 g/mol. The molecule has 2 aliphatic rings. The molecule has 0 aliphatic carbocycles. The minimum Gasteiger partial charge on any atom is -0.302 e. The van der Waals surface area contributed by atoms with Gasteiger partial charge in [-0.3, -0.25) is 0 Å². The Balaban J connectivity index is 0.00000161. The highest BCUT2D eigenvalue weighted by Crippen LogP contribution is 2.41. The smallest absolute Gasteiger partial charge is 0.302 e. The predicted octanol–water partition coefficient (Wildman–Crippen LogP) is 3.81. The molecule has 2 saturated heterocycles. The first-order valence-electron chi connectivity index (χ1n) is 6.77. The highest BCUT2D eigenvalue weighted by molar-refractivity contribution is 7.99. The van der Waals surface area contributed by atoms with Gasteiger partial charge in [-0.2, -0.15) is 21.9 Å². The van der Waals surface area contributed by atoms with Crippen LogP contribution in [0.1, 0.15) is 30.9 Å². The summed E-state index contributed by atoms with van der Waals surface area (Å²) in [5, 5.41) is 0.720. The lowest BCUT2D eigenvalue weighted by molar-refractivity contribution is -0.129. The van der Waals surface area contributed by atoms with Crippen molar-refractivity contribution in [3.63, 3.8) is 0 Å². The zero-order chi connectivity index (χ0) is 14.2. The number of nitrogens with zero attached hydrogens (tertiary/aromatic N) is 3. The fourth-order valence-electron chi connectivity index (χ4n) is 3.10. The van der Waals surface area contributed by atoms with Crippen LogP contribution in [-0.4, -0.2) is 45.2 Å². The summed E-state index contributed by atoms with van der Waals surface area (Å²) in [5.74, 6) is 1.00. The number of piperidine rings is 1. The van der Waals surface area contributed by atoms with Crippen LogP contribution < -0.4 is 0 Å². The maximum absolute atomic E-state index is 12.2. The lowest BCUT2D eigenvalue weighted by atomic mass is 9.89. The summed E-state index contributed by atoms with van der Waals surface area (Å²) in [4.78, 5) is 2.43. The molecule has 3 unspecified atom stereocenters. The molecule has 3 rings (SSSR count). The van der Waals surface area contributed by atoms with E-state index >= 15 is 0 Å². The van der Waals surface area contributed by atoms with Gasteiger partial charge in [-0.05, 0) is 25.3 Å². The maximum Gasteiger partial charge on any atom is 0.389 e. The molecule has 3 nitrogen and oxygen atoms in total. The Labute approximate surface area is 136 Å². The third-order valence-corrected chi connectivity index (χ3v) is 5.66. The fourth-order valence-corrected chi connectivity index (χ4v) is 4.86. The lowest BCUT2D eigenvalue weighted by Gasteiger charge is -2.21. The van der Waals surface area contributed by atoms with Gasteiger partial charge in [0.25, 0.3) is 0 Å². The zero-order valence-electron chi connectivity index (χ0n) is 11.3. The molecule has 2 bridgehead atoms. The van der Waals surface area contributed by atoms with Crippen LogP contribution >= 0.6 is 35.9 Å². The van der Waals surface area contributed by atoms with E-state index in [4.69, 9.17) is 0 Å². The standard InChI is InChI=1S/C12H16F3N3S2.ClH/c13-12(14,15)3-5-19-11-10(16-20-17-11)9-7-18-4-1-2-8(9)6-18;/h8-9H,1-7H2;1H. The van der Waals surface area contributed by atoms with Gasteiger partial charge in [0, 0.05) is 24.8 Å². The maximum atomic E-state index is 12.2. The summed E-state index contributed by atoms with van der Waals surface area (Å²) in [5.41, 5.74) is 0.941. The fraction of sp³-hybridized carbons (Fsp3) is 0.833. The van der Waals surface area contributed by atoms with Crippen molar-refractivity contribution in [2.45, 2.75) is 36.4 Å². The highest BCUT2D eigenvalue weighted by atomic mass is 35.5. The molecular weight excluding hydrogens is 343 g/mol. The van der Waals surface area contributed by atoms with Gasteiger partial charge in [-0.1, -0.05) is 0 Å². The van der Waals surface area contributed by atoms with Crippen LogP contribution in [0.4, 0.5) is 13.2 Å². The van der Waals surface area contributed by atoms with Crippen LogP contribution in [0.2, 0.25) is 0 Å². The summed E-state index contributed by atoms with van der Waals surface area (Å²) in [6.07, 6.45) is -2.44. The molecule has 120 valence electrons. The quantitative estimate of drug-likeness (QED) is 0.764. The molecule has 9 heteroatoms. The molecule has 0 N–H and O–H groups in total. The molecule has 0 spiro atoms. The molecule has 3 atom stereocenters. The van der Waals surface area contributed by atoms with Crippen LogP contribution in [-0.2, 0) is 0 Å². The first kappa shape index (κ1) is 17.3. The predicted molar refractivity (Wildman–Crippen MR) is 80.5 cm³/mol. The van der Waals surface area contributed by atoms with Gasteiger partial charge in [0.2, 0.25) is 0 Å². The van der Waals surface area contributed by atoms with E-state index in [0.29, 0.717) is 11.8 Å². The van der Waals surface area contributed by atoms with E-state index in [9.17, 15) is 13.2 Å². The minimum atomic E-state index is -4.09. The molecule has 0 radical (unpaired) electrons. The highest BCUT2D eigenvalue weighted by Gasteiger charge is 2.39. The third kappa shape index (κ3) is 4.24. The molecule has 0 saturated carbocycles. The third-order valence-electron chi connectivity index (χ3n) is 4.02. The van der Waals surface area contributed by atoms with E-state index in [2.05, 4.69) is 13.6 Å². The van der Waals surface area contributed by atoms with Crippen LogP contribution in [0.5, 0.6) is 0 Å². The number of hydrogen-bond acceptors (Lipinski definition) is 5. The Morgan fingerprint density at radius 1 is 1.29 bits per heavy atom. The number of fused-ring (bicyclic) bond motifs is 2. The number of hydrogen-bond donors (Lipinski definition) is 0. The first-order chi connectivity index (χ1) is 9.53. The van der Waals surface area contributed by atoms with Gasteiger partial charge in [-0.25, -0.2) is 0 Å². The molecule has 2 fully saturated rings. The average Bonchev–Trinajstić information content (AvgIpc) is 2.93. The van der Waals surface area contributed by atoms with Crippen molar-refractivity contribution >= 4 is 35.9 Å². The Morgan fingerprint density at radius 3 is 2.81 bits per heavy atom. The van der Waals surface area contributed by atoms with Gasteiger partial charge in [-0.15, -0.1) is 24.2 Å². The topological polar surface area (TPSA) is 29.0 Å². The molecule has 0 aromatic carbocycles. The number of thioether (sulfide) groups is 1. The SMILES string of the molecule is Cl.FC(F)(F)CCSc1nsnc1C1CN2CCCC1C2. The van der Waals surface area contributed by atoms with Crippen LogP contribution in [0.25, 0.3) is 0 Å². The van der Waals surface area contributed by atoms with Gasteiger partial charge in [0.05, 0.1) is 23.8 Å². The van der Waals surface area contributed by atoms with Crippen molar-refractivity contribution in [2.75, 3.05) is 25.4 Å². The Morgan fingerprint density at radius 2 is 2.10 bits per heavy atom. The van der Waals surface area contributed by atoms with Crippen LogP contribution in [0.15, 0.2) is 5.03 Å². The summed E-state index contributed by atoms with van der Waals surface area (Å²) < 4.78 is 45.2. The molecule has 0 amide bonds. The summed E-state index contributed by atoms with van der Waals surface area (Å²) in [6, 6.07) is 0. The monoisotopic (exact) mass is 359 g/mol. The Bertz CT molecular complexity index is 469. The summed E-state index contributed by atoms with van der Waals surface area (Å²) >= 11 is 2.32. The van der Waals surface area contributed by atoms with Gasteiger partial charge >= 0.3 is 6.18 Å². The number of rotatable bonds is 4. The van der Waals surface area contributed by atoms with E-state index in [-0.39, 0.29) is 18.2 Å². The number of halogens is 4. The van der Waals surface area contributed by atoms with E-state index < -0.39 is 12.6 Å². The second-order valence-corrected chi connectivity index (χ2v) is 7.05. The minimum absolute atomic E-state index is 0. The van der Waals surface area contributed by atoms with Crippen molar-refractivity contribution in [2.24, 2.45) is 5.92 Å². The molecule has 1 aromatic rings. The zero-order valence-corrected chi connectivity index (χ0v) is 13.8. The lowest BCUT2D eigenvalue weighted by Crippen LogP contribution is -2.25. The summed E-state index contributed by atoms with van der Waals surface area (Å²) in [7, 11) is 0. The molecule has 2 aliphatic heterocycles. The number of alkyl halides is 3. The molecular formula is C12H17ClF3N3S2. The molecule has 21 heavy (non-hydrogen) atoms. The van der Waals surface area contributed by atoms with Gasteiger partial charge < -0.3 is 4.90 Å². The van der Waals surface area contributed by atoms with E-state index in [0.717, 1.165) is 42.1 Å². The Kier molecular flexibility index (Phi) is 5.78. The largest absolute Gasteiger partial charge is 0.389 e. The molecule has 3 heterocycles. The van der Waals surface area contributed by atoms with Crippen LogP contribution in [0, 0.1) is 5.92 Å². The van der Waals surface area contributed by atoms with Crippen molar-refractivity contribution in [1.29, 1.82) is 0 Å². The number of aromatic nitrogens is 2. The van der Waals surface area contributed by atoms with Crippen molar-refractivity contribution < 1.29 is 13.2 Å². The van der Waals surface area contributed by atoms with Crippen molar-refractivity contribution in [3.05, 3.63) is 5.69 Å². The normalized spacial score (nSPS) is 28.4. The van der Waals surface area contributed by atoms with Crippen LogP contribution in [0.3, 0.4) is 0 Å². The van der Waals surface area contributed by atoms with Crippen molar-refractivity contribution in [3.8, 4) is 0 Å². The van der Waals surface area contributed by atoms with E-state index in [1.54, 1.807) is 0 Å².